The van der Waals surface area contributed by atoms with Gasteiger partial charge in [-0.1, -0.05) is 33.8 Å². The molecular weight excluding hydrogens is 404 g/mol. The van der Waals surface area contributed by atoms with E-state index in [4.69, 9.17) is 18.9 Å². The van der Waals surface area contributed by atoms with E-state index in [1.807, 2.05) is 33.8 Å². The normalized spacial score (nSPS) is 45.3. The van der Waals surface area contributed by atoms with Crippen molar-refractivity contribution in [3.63, 3.8) is 0 Å². The lowest BCUT2D eigenvalue weighted by atomic mass is 9.51. The third kappa shape index (κ3) is 3.02. The Morgan fingerprint density at radius 3 is 2.52 bits per heavy atom. The molecule has 0 aromatic heterocycles. The Bertz CT molecular complexity index is 786. The molecule has 8 unspecified atom stereocenters. The summed E-state index contributed by atoms with van der Waals surface area (Å²) in [5, 5.41) is 21.9. The number of carbonyl (C=O) groups excluding carboxylic acids is 2. The highest BCUT2D eigenvalue weighted by Crippen LogP contribution is 2.72. The molecule has 8 nitrogen and oxygen atoms in total. The van der Waals surface area contributed by atoms with Crippen LogP contribution in [0.3, 0.4) is 0 Å². The third-order valence-electron chi connectivity index (χ3n) is 8.01. The minimum Gasteiger partial charge on any atom is -0.459 e. The molecule has 2 N–H and O–H groups in total. The van der Waals surface area contributed by atoms with Crippen LogP contribution in [0.5, 0.6) is 0 Å². The number of carbonyl (C=O) groups is 2. The van der Waals surface area contributed by atoms with Gasteiger partial charge in [-0.25, -0.2) is 0 Å². The van der Waals surface area contributed by atoms with Crippen molar-refractivity contribution >= 4 is 11.9 Å². The van der Waals surface area contributed by atoms with Crippen LogP contribution in [0, 0.1) is 16.7 Å². The Kier molecular flexibility index (Phi) is 5.52. The van der Waals surface area contributed by atoms with Gasteiger partial charge in [-0.3, -0.25) is 9.59 Å². The lowest BCUT2D eigenvalue weighted by Crippen LogP contribution is -2.67. The number of hydrogen-bond acceptors (Lipinski definition) is 8. The van der Waals surface area contributed by atoms with Crippen LogP contribution in [0.15, 0.2) is 11.6 Å². The van der Waals surface area contributed by atoms with Gasteiger partial charge < -0.3 is 29.2 Å². The molecule has 174 valence electrons. The first kappa shape index (κ1) is 22.7. The van der Waals surface area contributed by atoms with Crippen LogP contribution < -0.4 is 0 Å². The van der Waals surface area contributed by atoms with E-state index in [0.717, 1.165) is 5.57 Å². The molecule has 0 aromatic carbocycles. The van der Waals surface area contributed by atoms with Gasteiger partial charge in [0.05, 0.1) is 24.7 Å². The van der Waals surface area contributed by atoms with Crippen LogP contribution in [-0.4, -0.2) is 71.5 Å². The average molecular weight is 439 g/mol. The maximum atomic E-state index is 12.4. The van der Waals surface area contributed by atoms with Crippen LogP contribution in [0.4, 0.5) is 0 Å². The molecule has 0 aromatic rings. The fraction of sp³-hybridized carbons (Fsp3) is 0.826. The van der Waals surface area contributed by atoms with Gasteiger partial charge in [-0.15, -0.1) is 0 Å². The fourth-order valence-electron chi connectivity index (χ4n) is 6.10. The monoisotopic (exact) mass is 438 g/mol. The van der Waals surface area contributed by atoms with Crippen molar-refractivity contribution < 1.29 is 38.7 Å². The second kappa shape index (κ2) is 7.54. The van der Waals surface area contributed by atoms with Gasteiger partial charge >= 0.3 is 11.9 Å². The summed E-state index contributed by atoms with van der Waals surface area (Å²) in [5.41, 5.74) is -1.89. The number of esters is 2. The fourth-order valence-corrected chi connectivity index (χ4v) is 6.10. The zero-order valence-electron chi connectivity index (χ0n) is 18.9. The van der Waals surface area contributed by atoms with Gasteiger partial charge in [-0.05, 0) is 24.8 Å². The molecule has 3 fully saturated rings. The Hall–Kier alpha value is -1.48. The van der Waals surface area contributed by atoms with E-state index >= 15 is 0 Å². The smallest absolute Gasteiger partial charge is 0.306 e. The second-order valence-corrected chi connectivity index (χ2v) is 10.1. The highest BCUT2D eigenvalue weighted by atomic mass is 16.7. The van der Waals surface area contributed by atoms with Crippen molar-refractivity contribution in [2.24, 2.45) is 16.7 Å². The Labute approximate surface area is 182 Å². The molecule has 1 spiro atoms. The van der Waals surface area contributed by atoms with Crippen molar-refractivity contribution in [2.45, 2.75) is 90.0 Å². The van der Waals surface area contributed by atoms with Gasteiger partial charge in [-0.2, -0.15) is 0 Å². The molecule has 8 atom stereocenters. The summed E-state index contributed by atoms with van der Waals surface area (Å²) in [6.45, 7) is 9.44. The van der Waals surface area contributed by atoms with Crippen LogP contribution in [-0.2, 0) is 28.5 Å². The maximum absolute atomic E-state index is 12.4. The van der Waals surface area contributed by atoms with Crippen molar-refractivity contribution in [3.8, 4) is 0 Å². The van der Waals surface area contributed by atoms with E-state index < -0.39 is 52.9 Å². The predicted octanol–water partition coefficient (Wildman–Crippen LogP) is 1.51. The van der Waals surface area contributed by atoms with Gasteiger partial charge in [0.25, 0.3) is 0 Å². The molecule has 2 heterocycles. The standard InChI is InChI=1S/C23H34O8/c1-6-16(25)31-19-18(27)20-23(11-28-23)21(19,5)22(10-24)9-14(13(4)8-15(22)30-20)29-17(26)7-12(2)3/h8,12,14-15,18-20,24,27H,6-7,9-11H2,1-5H3. The maximum Gasteiger partial charge on any atom is 0.306 e. The Balaban J connectivity index is 1.74. The first-order valence-electron chi connectivity index (χ1n) is 11.2. The lowest BCUT2D eigenvalue weighted by molar-refractivity contribution is -0.238. The molecule has 1 saturated carbocycles. The van der Waals surface area contributed by atoms with E-state index in [0.29, 0.717) is 19.4 Å². The molecule has 0 radical (unpaired) electrons. The molecule has 2 saturated heterocycles. The number of hydrogen-bond donors (Lipinski definition) is 2. The van der Waals surface area contributed by atoms with Gasteiger partial charge in [0.2, 0.25) is 0 Å². The lowest BCUT2D eigenvalue weighted by Gasteiger charge is -2.58. The molecular formula is C23H34O8. The van der Waals surface area contributed by atoms with Crippen molar-refractivity contribution in [2.75, 3.05) is 13.2 Å². The summed E-state index contributed by atoms with van der Waals surface area (Å²) in [7, 11) is 0. The second-order valence-electron chi connectivity index (χ2n) is 10.1. The van der Waals surface area contributed by atoms with Gasteiger partial charge in [0, 0.05) is 18.3 Å². The summed E-state index contributed by atoms with van der Waals surface area (Å²) in [6.07, 6.45) is -1.06. The number of aliphatic hydroxyl groups excluding tert-OH is 2. The topological polar surface area (TPSA) is 115 Å². The van der Waals surface area contributed by atoms with E-state index in [9.17, 15) is 19.8 Å². The number of aliphatic hydroxyl groups is 2. The predicted molar refractivity (Wildman–Crippen MR) is 109 cm³/mol. The molecule has 4 rings (SSSR count). The quantitative estimate of drug-likeness (QED) is 0.364. The van der Waals surface area contributed by atoms with Crippen molar-refractivity contribution in [3.05, 3.63) is 11.6 Å². The summed E-state index contributed by atoms with van der Waals surface area (Å²) in [4.78, 5) is 24.7. The summed E-state index contributed by atoms with van der Waals surface area (Å²) in [5.74, 6) is -0.556. The molecule has 0 amide bonds. The van der Waals surface area contributed by atoms with Crippen LogP contribution in [0.2, 0.25) is 0 Å². The molecule has 2 aliphatic carbocycles. The largest absolute Gasteiger partial charge is 0.459 e. The zero-order chi connectivity index (χ0) is 22.8. The van der Waals surface area contributed by atoms with Crippen molar-refractivity contribution in [1.29, 1.82) is 0 Å². The first-order valence-corrected chi connectivity index (χ1v) is 11.2. The van der Waals surface area contributed by atoms with Crippen molar-refractivity contribution in [1.82, 2.24) is 0 Å². The molecule has 2 aliphatic heterocycles. The molecule has 2 bridgehead atoms. The number of rotatable bonds is 6. The minimum atomic E-state index is -1.08. The highest BCUT2D eigenvalue weighted by molar-refractivity contribution is 5.70. The third-order valence-corrected chi connectivity index (χ3v) is 8.01. The Morgan fingerprint density at radius 2 is 1.97 bits per heavy atom. The summed E-state index contributed by atoms with van der Waals surface area (Å²) >= 11 is 0. The summed E-state index contributed by atoms with van der Waals surface area (Å²) < 4.78 is 23.8. The highest BCUT2D eigenvalue weighted by Gasteiger charge is 2.85. The zero-order valence-corrected chi connectivity index (χ0v) is 18.9. The van der Waals surface area contributed by atoms with Crippen LogP contribution in [0.25, 0.3) is 0 Å². The molecule has 4 aliphatic rings. The van der Waals surface area contributed by atoms with Gasteiger partial charge in [0.1, 0.15) is 30.0 Å². The van der Waals surface area contributed by atoms with Gasteiger partial charge in [0.15, 0.2) is 0 Å². The molecule has 31 heavy (non-hydrogen) atoms. The van der Waals surface area contributed by atoms with Crippen LogP contribution >= 0.6 is 0 Å². The minimum absolute atomic E-state index is 0.169. The number of ether oxygens (including phenoxy) is 4. The SMILES string of the molecule is CCC(=O)OC1C(O)C2OC3C=C(C)C(OC(=O)CC(C)C)CC3(CO)C1(C)C21CO1. The van der Waals surface area contributed by atoms with E-state index in [1.54, 1.807) is 6.92 Å². The number of epoxide rings is 1. The average Bonchev–Trinajstić information content (AvgIpc) is 3.49. The van der Waals surface area contributed by atoms with Crippen LogP contribution in [0.1, 0.15) is 53.9 Å². The summed E-state index contributed by atoms with van der Waals surface area (Å²) in [6, 6.07) is 0. The van der Waals surface area contributed by atoms with E-state index in [1.165, 1.54) is 0 Å². The van der Waals surface area contributed by atoms with E-state index in [2.05, 4.69) is 0 Å². The van der Waals surface area contributed by atoms with E-state index in [-0.39, 0.29) is 24.9 Å². The number of fused-ring (bicyclic) bond motifs is 2. The first-order chi connectivity index (χ1) is 14.6. The Morgan fingerprint density at radius 1 is 1.29 bits per heavy atom. The molecule has 8 heteroatoms.